The number of benzene rings is 3. The van der Waals surface area contributed by atoms with E-state index in [1.807, 2.05) is 55.1 Å². The predicted octanol–water partition coefficient (Wildman–Crippen LogP) is 6.38. The summed E-state index contributed by atoms with van der Waals surface area (Å²) in [6.07, 6.45) is 1.27. The van der Waals surface area contributed by atoms with E-state index in [4.69, 9.17) is 21.1 Å². The zero-order valence-electron chi connectivity index (χ0n) is 18.7. The SMILES string of the molecule is CCOc1cc2c(cc1OCC)[C@H](c1ccc(CC)cc1)N(c1ccc(Cl)cc1)C(=O)C2. The number of aryl methyl sites for hydroxylation is 1. The molecule has 4 rings (SSSR count). The minimum Gasteiger partial charge on any atom is -0.490 e. The first-order chi connectivity index (χ1) is 15.5. The van der Waals surface area contributed by atoms with Crippen molar-refractivity contribution in [1.29, 1.82) is 0 Å². The molecule has 0 saturated heterocycles. The van der Waals surface area contributed by atoms with E-state index in [1.54, 1.807) is 0 Å². The molecule has 0 spiro atoms. The number of carbonyl (C=O) groups excluding carboxylic acids is 1. The molecule has 0 saturated carbocycles. The fraction of sp³-hybridized carbons (Fsp3) is 0.296. The summed E-state index contributed by atoms with van der Waals surface area (Å²) in [6, 6.07) is 19.7. The van der Waals surface area contributed by atoms with Gasteiger partial charge >= 0.3 is 0 Å². The highest BCUT2D eigenvalue weighted by molar-refractivity contribution is 6.30. The van der Waals surface area contributed by atoms with E-state index in [0.717, 1.165) is 28.8 Å². The van der Waals surface area contributed by atoms with Crippen molar-refractivity contribution in [2.45, 2.75) is 39.7 Å². The summed E-state index contributed by atoms with van der Waals surface area (Å²) in [4.78, 5) is 15.3. The zero-order valence-corrected chi connectivity index (χ0v) is 19.5. The highest BCUT2D eigenvalue weighted by Crippen LogP contribution is 2.43. The van der Waals surface area contributed by atoms with E-state index in [9.17, 15) is 4.79 Å². The van der Waals surface area contributed by atoms with Gasteiger partial charge in [-0.1, -0.05) is 42.8 Å². The second kappa shape index (κ2) is 9.66. The summed E-state index contributed by atoms with van der Waals surface area (Å²) >= 11 is 6.12. The van der Waals surface area contributed by atoms with E-state index in [0.29, 0.717) is 36.2 Å². The largest absolute Gasteiger partial charge is 0.490 e. The lowest BCUT2D eigenvalue weighted by Gasteiger charge is -2.38. The highest BCUT2D eigenvalue weighted by atomic mass is 35.5. The Morgan fingerprint density at radius 3 is 2.12 bits per heavy atom. The lowest BCUT2D eigenvalue weighted by molar-refractivity contribution is -0.118. The van der Waals surface area contributed by atoms with Gasteiger partial charge in [0.2, 0.25) is 5.91 Å². The molecule has 0 N–H and O–H groups in total. The molecule has 0 radical (unpaired) electrons. The minimum atomic E-state index is -0.270. The predicted molar refractivity (Wildman–Crippen MR) is 129 cm³/mol. The Balaban J connectivity index is 1.90. The monoisotopic (exact) mass is 449 g/mol. The molecule has 1 aliphatic rings. The third-order valence-corrected chi connectivity index (χ3v) is 6.03. The molecular formula is C27H28ClNO3. The van der Waals surface area contributed by atoms with Gasteiger partial charge < -0.3 is 14.4 Å². The van der Waals surface area contributed by atoms with Crippen LogP contribution in [0.1, 0.15) is 49.1 Å². The molecule has 3 aromatic carbocycles. The fourth-order valence-corrected chi connectivity index (χ4v) is 4.38. The second-order valence-electron chi connectivity index (χ2n) is 7.78. The van der Waals surface area contributed by atoms with Crippen LogP contribution in [0.2, 0.25) is 5.02 Å². The van der Waals surface area contributed by atoms with Crippen molar-refractivity contribution in [3.63, 3.8) is 0 Å². The van der Waals surface area contributed by atoms with Crippen LogP contribution in [0.25, 0.3) is 0 Å². The molecule has 1 amide bonds. The molecule has 32 heavy (non-hydrogen) atoms. The first-order valence-electron chi connectivity index (χ1n) is 11.1. The van der Waals surface area contributed by atoms with E-state index in [-0.39, 0.29) is 11.9 Å². The third kappa shape index (κ3) is 4.33. The average molecular weight is 450 g/mol. The first-order valence-corrected chi connectivity index (χ1v) is 11.5. The molecular weight excluding hydrogens is 422 g/mol. The summed E-state index contributed by atoms with van der Waals surface area (Å²) in [6.45, 7) is 7.11. The summed E-state index contributed by atoms with van der Waals surface area (Å²) in [5, 5.41) is 0.641. The molecule has 166 valence electrons. The number of carbonyl (C=O) groups is 1. The molecule has 1 atom stereocenters. The maximum absolute atomic E-state index is 13.4. The molecule has 0 fully saturated rings. The number of fused-ring (bicyclic) bond motifs is 1. The van der Waals surface area contributed by atoms with E-state index in [2.05, 4.69) is 31.2 Å². The van der Waals surface area contributed by atoms with E-state index in [1.165, 1.54) is 5.56 Å². The number of anilines is 1. The summed E-state index contributed by atoms with van der Waals surface area (Å²) < 4.78 is 11.7. The van der Waals surface area contributed by atoms with Crippen LogP contribution in [0.15, 0.2) is 60.7 Å². The highest BCUT2D eigenvalue weighted by Gasteiger charge is 2.36. The number of halogens is 1. The molecule has 1 aliphatic heterocycles. The number of hydrogen-bond acceptors (Lipinski definition) is 3. The van der Waals surface area contributed by atoms with Crippen LogP contribution in [0.3, 0.4) is 0 Å². The summed E-state index contributed by atoms with van der Waals surface area (Å²) in [7, 11) is 0. The van der Waals surface area contributed by atoms with Gasteiger partial charge in [0.25, 0.3) is 0 Å². The van der Waals surface area contributed by atoms with Crippen molar-refractivity contribution in [3.8, 4) is 11.5 Å². The fourth-order valence-electron chi connectivity index (χ4n) is 4.25. The lowest BCUT2D eigenvalue weighted by Crippen LogP contribution is -2.41. The Labute approximate surface area is 194 Å². The van der Waals surface area contributed by atoms with Crippen molar-refractivity contribution in [1.82, 2.24) is 0 Å². The van der Waals surface area contributed by atoms with Crippen LogP contribution in [0, 0.1) is 0 Å². The van der Waals surface area contributed by atoms with Crippen molar-refractivity contribution in [3.05, 3.63) is 87.9 Å². The molecule has 0 bridgehead atoms. The smallest absolute Gasteiger partial charge is 0.232 e. The first kappa shape index (κ1) is 22.2. The molecule has 0 aliphatic carbocycles. The Morgan fingerprint density at radius 2 is 1.53 bits per heavy atom. The molecule has 3 aromatic rings. The van der Waals surface area contributed by atoms with Gasteiger partial charge in [0.15, 0.2) is 11.5 Å². The maximum atomic E-state index is 13.4. The topological polar surface area (TPSA) is 38.8 Å². The number of rotatable bonds is 7. The number of amides is 1. The van der Waals surface area contributed by atoms with Crippen molar-refractivity contribution >= 4 is 23.2 Å². The minimum absolute atomic E-state index is 0.0380. The quantitative estimate of drug-likeness (QED) is 0.420. The van der Waals surface area contributed by atoms with E-state index < -0.39 is 0 Å². The van der Waals surface area contributed by atoms with Crippen molar-refractivity contribution < 1.29 is 14.3 Å². The van der Waals surface area contributed by atoms with Crippen molar-refractivity contribution in [2.75, 3.05) is 18.1 Å². The lowest BCUT2D eigenvalue weighted by atomic mass is 9.86. The van der Waals surface area contributed by atoms with E-state index >= 15 is 0 Å². The van der Waals surface area contributed by atoms with Crippen LogP contribution in [-0.4, -0.2) is 19.1 Å². The Bertz CT molecular complexity index is 1090. The van der Waals surface area contributed by atoms with Gasteiger partial charge in [0.1, 0.15) is 0 Å². The van der Waals surface area contributed by atoms with Gasteiger partial charge in [-0.25, -0.2) is 0 Å². The molecule has 5 heteroatoms. The third-order valence-electron chi connectivity index (χ3n) is 5.78. The zero-order chi connectivity index (χ0) is 22.7. The Kier molecular flexibility index (Phi) is 6.71. The number of nitrogens with zero attached hydrogens (tertiary/aromatic N) is 1. The van der Waals surface area contributed by atoms with Crippen LogP contribution in [-0.2, 0) is 17.6 Å². The van der Waals surface area contributed by atoms with Gasteiger partial charge in [-0.3, -0.25) is 4.79 Å². The van der Waals surface area contributed by atoms with Gasteiger partial charge in [-0.15, -0.1) is 0 Å². The van der Waals surface area contributed by atoms with Gasteiger partial charge in [-0.05, 0) is 78.9 Å². The Hall–Kier alpha value is -2.98. The van der Waals surface area contributed by atoms with Gasteiger partial charge in [0, 0.05) is 10.7 Å². The maximum Gasteiger partial charge on any atom is 0.232 e. The van der Waals surface area contributed by atoms with Crippen LogP contribution >= 0.6 is 11.6 Å². The Morgan fingerprint density at radius 1 is 0.906 bits per heavy atom. The van der Waals surface area contributed by atoms with Gasteiger partial charge in [-0.2, -0.15) is 0 Å². The average Bonchev–Trinajstić information content (AvgIpc) is 2.80. The number of hydrogen-bond donors (Lipinski definition) is 0. The molecule has 0 aromatic heterocycles. The van der Waals surface area contributed by atoms with Gasteiger partial charge in [0.05, 0.1) is 25.7 Å². The van der Waals surface area contributed by atoms with Crippen LogP contribution in [0.4, 0.5) is 5.69 Å². The van der Waals surface area contributed by atoms with Crippen LogP contribution in [0.5, 0.6) is 11.5 Å². The van der Waals surface area contributed by atoms with Crippen molar-refractivity contribution in [2.24, 2.45) is 0 Å². The summed E-state index contributed by atoms with van der Waals surface area (Å²) in [5.41, 5.74) is 5.16. The normalized spacial score (nSPS) is 15.4. The number of ether oxygens (including phenoxy) is 2. The molecule has 1 heterocycles. The standard InChI is InChI=1S/C27H28ClNO3/c1-4-18-7-9-19(10-8-18)27-23-17-25(32-6-3)24(31-5-2)15-20(23)16-26(30)29(27)22-13-11-21(28)12-14-22/h7-15,17,27H,4-6,16H2,1-3H3/t27-/m0/s1. The van der Waals surface area contributed by atoms with Crippen LogP contribution < -0.4 is 14.4 Å². The molecule has 0 unspecified atom stereocenters. The summed E-state index contributed by atoms with van der Waals surface area (Å²) in [5.74, 6) is 1.42. The molecule has 4 nitrogen and oxygen atoms in total. The second-order valence-corrected chi connectivity index (χ2v) is 8.21.